The quantitative estimate of drug-likeness (QED) is 0.297. The molecule has 7 nitrogen and oxygen atoms in total. The van der Waals surface area contributed by atoms with E-state index in [0.717, 1.165) is 29.7 Å². The van der Waals surface area contributed by atoms with E-state index in [1.807, 2.05) is 61.5 Å². The lowest BCUT2D eigenvalue weighted by Crippen LogP contribution is -2.53. The molecule has 1 N–H and O–H groups in total. The molecule has 0 aromatic heterocycles. The second-order valence-corrected chi connectivity index (χ2v) is 12.6. The minimum absolute atomic E-state index is 0.144. The first-order chi connectivity index (χ1) is 17.6. The molecule has 10 heteroatoms. The van der Waals surface area contributed by atoms with Crippen molar-refractivity contribution in [3.63, 3.8) is 0 Å². The molecule has 196 valence electrons. The average molecular weight is 698 g/mol. The van der Waals surface area contributed by atoms with Crippen LogP contribution < -0.4 is 9.62 Å². The van der Waals surface area contributed by atoms with Crippen LogP contribution in [0.3, 0.4) is 0 Å². The highest BCUT2D eigenvalue weighted by atomic mass is 127. The highest BCUT2D eigenvalue weighted by molar-refractivity contribution is 14.1. The molecule has 0 aliphatic rings. The Kier molecular flexibility index (Phi) is 10.5. The van der Waals surface area contributed by atoms with Crippen LogP contribution in [0.5, 0.6) is 0 Å². The maximum atomic E-state index is 13.9. The van der Waals surface area contributed by atoms with Crippen LogP contribution >= 0.6 is 38.5 Å². The molecule has 0 saturated heterocycles. The molecule has 0 radical (unpaired) electrons. The van der Waals surface area contributed by atoms with Crippen molar-refractivity contribution >= 4 is 66.0 Å². The number of halogens is 2. The summed E-state index contributed by atoms with van der Waals surface area (Å²) in [4.78, 5) is 28.6. The Morgan fingerprint density at radius 3 is 2.14 bits per heavy atom. The number of likely N-dealkylation sites (N-methyl/N-ethyl adjacent to an activating group) is 1. The largest absolute Gasteiger partial charge is 0.355 e. The number of anilines is 1. The Morgan fingerprint density at radius 1 is 0.946 bits per heavy atom. The van der Waals surface area contributed by atoms with Crippen LogP contribution in [0.1, 0.15) is 18.1 Å². The number of nitrogens with zero attached hydrogens (tertiary/aromatic N) is 2. The molecule has 0 aliphatic carbocycles. The Bertz CT molecular complexity index is 1300. The summed E-state index contributed by atoms with van der Waals surface area (Å²) in [5, 5.41) is 2.84. The smallest absolute Gasteiger partial charge is 0.244 e. The molecule has 3 aromatic rings. The fourth-order valence-electron chi connectivity index (χ4n) is 3.85. The summed E-state index contributed by atoms with van der Waals surface area (Å²) in [5.74, 6) is -0.768. The topological polar surface area (TPSA) is 86.8 Å². The number of amides is 2. The summed E-state index contributed by atoms with van der Waals surface area (Å²) in [5.41, 5.74) is 2.10. The van der Waals surface area contributed by atoms with Crippen molar-refractivity contribution < 1.29 is 18.0 Å². The molecular formula is C27H29BrIN3O4S. The van der Waals surface area contributed by atoms with Crippen molar-refractivity contribution in [3.8, 4) is 0 Å². The van der Waals surface area contributed by atoms with Gasteiger partial charge in [-0.05, 0) is 77.0 Å². The predicted molar refractivity (Wildman–Crippen MR) is 159 cm³/mol. The molecule has 0 unspecified atom stereocenters. The van der Waals surface area contributed by atoms with E-state index >= 15 is 0 Å². The zero-order valence-electron chi connectivity index (χ0n) is 20.6. The lowest BCUT2D eigenvalue weighted by Gasteiger charge is -2.33. The minimum atomic E-state index is -3.78. The number of carbonyl (C=O) groups excluding carboxylic acids is 2. The zero-order valence-corrected chi connectivity index (χ0v) is 25.2. The van der Waals surface area contributed by atoms with Crippen molar-refractivity contribution in [1.82, 2.24) is 10.2 Å². The number of nitrogens with one attached hydrogen (secondary N) is 1. The van der Waals surface area contributed by atoms with E-state index in [2.05, 4.69) is 43.8 Å². The molecule has 3 rings (SSSR count). The number of benzene rings is 3. The number of rotatable bonds is 11. The van der Waals surface area contributed by atoms with Gasteiger partial charge in [-0.3, -0.25) is 13.9 Å². The number of carbonyl (C=O) groups is 2. The first-order valence-corrected chi connectivity index (χ1v) is 15.4. The van der Waals surface area contributed by atoms with Crippen LogP contribution in [0.15, 0.2) is 83.3 Å². The summed E-state index contributed by atoms with van der Waals surface area (Å²) in [6, 6.07) is 23.0. The predicted octanol–water partition coefficient (Wildman–Crippen LogP) is 4.60. The Balaban J connectivity index is 2.02. The fourth-order valence-corrected chi connectivity index (χ4v) is 5.33. The van der Waals surface area contributed by atoms with Gasteiger partial charge in [-0.1, -0.05) is 58.4 Å². The lowest BCUT2D eigenvalue weighted by molar-refractivity contribution is -0.140. The van der Waals surface area contributed by atoms with Crippen LogP contribution in [-0.2, 0) is 32.6 Å². The van der Waals surface area contributed by atoms with Crippen molar-refractivity contribution in [2.75, 3.05) is 23.7 Å². The van der Waals surface area contributed by atoms with E-state index in [1.54, 1.807) is 24.3 Å². The molecule has 0 bridgehead atoms. The zero-order chi connectivity index (χ0) is 27.0. The van der Waals surface area contributed by atoms with Crippen molar-refractivity contribution in [3.05, 3.63) is 98.0 Å². The summed E-state index contributed by atoms with van der Waals surface area (Å²) in [7, 11) is -3.78. The normalized spacial score (nSPS) is 12.0. The maximum Gasteiger partial charge on any atom is 0.244 e. The third kappa shape index (κ3) is 8.54. The van der Waals surface area contributed by atoms with Gasteiger partial charge in [0.15, 0.2) is 0 Å². The molecule has 2 amide bonds. The summed E-state index contributed by atoms with van der Waals surface area (Å²) in [6.45, 7) is 1.94. The number of hydrogen-bond donors (Lipinski definition) is 1. The first kappa shape index (κ1) is 29.1. The van der Waals surface area contributed by atoms with Gasteiger partial charge >= 0.3 is 0 Å². The van der Waals surface area contributed by atoms with E-state index in [9.17, 15) is 18.0 Å². The molecule has 0 aliphatic heterocycles. The van der Waals surface area contributed by atoms with Gasteiger partial charge < -0.3 is 10.2 Å². The van der Waals surface area contributed by atoms with Crippen LogP contribution in [0.2, 0.25) is 0 Å². The highest BCUT2D eigenvalue weighted by Crippen LogP contribution is 2.22. The van der Waals surface area contributed by atoms with Crippen LogP contribution in [-0.4, -0.2) is 50.5 Å². The number of hydrogen-bond acceptors (Lipinski definition) is 4. The van der Waals surface area contributed by atoms with Gasteiger partial charge in [0.05, 0.1) is 11.9 Å². The van der Waals surface area contributed by atoms with Gasteiger partial charge in [-0.25, -0.2) is 8.42 Å². The van der Waals surface area contributed by atoms with Crippen molar-refractivity contribution in [2.24, 2.45) is 0 Å². The standard InChI is InChI=1S/C27H29BrIN3O4S/c1-3-30-27(34)25(17-20-7-5-4-6-8-20)31(18-21-9-11-22(28)12-10-21)26(33)19-32(37(2,35)36)24-15-13-23(29)14-16-24/h4-16,25H,3,17-19H2,1-2H3,(H,30,34)/t25-/m1/s1. The third-order valence-corrected chi connectivity index (χ3v) is 8.07. The molecule has 1 atom stereocenters. The van der Waals surface area contributed by atoms with E-state index in [4.69, 9.17) is 0 Å². The average Bonchev–Trinajstić information content (AvgIpc) is 2.86. The lowest BCUT2D eigenvalue weighted by atomic mass is 10.0. The Labute approximate surface area is 240 Å². The highest BCUT2D eigenvalue weighted by Gasteiger charge is 2.32. The molecule has 0 heterocycles. The Morgan fingerprint density at radius 2 is 1.57 bits per heavy atom. The van der Waals surface area contributed by atoms with Crippen LogP contribution in [0.25, 0.3) is 0 Å². The summed E-state index contributed by atoms with van der Waals surface area (Å²) < 4.78 is 28.4. The molecule has 0 fully saturated rings. The minimum Gasteiger partial charge on any atom is -0.355 e. The van der Waals surface area contributed by atoms with Crippen LogP contribution in [0, 0.1) is 3.57 Å². The van der Waals surface area contributed by atoms with Crippen LogP contribution in [0.4, 0.5) is 5.69 Å². The van der Waals surface area contributed by atoms with E-state index < -0.39 is 28.5 Å². The fraction of sp³-hybridized carbons (Fsp3) is 0.259. The SMILES string of the molecule is CCNC(=O)[C@@H](Cc1ccccc1)N(Cc1ccc(Br)cc1)C(=O)CN(c1ccc(I)cc1)S(C)(=O)=O. The van der Waals surface area contributed by atoms with Gasteiger partial charge in [0.25, 0.3) is 0 Å². The van der Waals surface area contributed by atoms with E-state index in [1.165, 1.54) is 4.90 Å². The molecule has 37 heavy (non-hydrogen) atoms. The van der Waals surface area contributed by atoms with Crippen molar-refractivity contribution in [1.29, 1.82) is 0 Å². The van der Waals surface area contributed by atoms with Gasteiger partial charge in [-0.2, -0.15) is 0 Å². The van der Waals surface area contributed by atoms with Gasteiger partial charge in [0, 0.05) is 27.6 Å². The number of sulfonamides is 1. The summed E-state index contributed by atoms with van der Waals surface area (Å²) >= 11 is 5.56. The molecule has 0 saturated carbocycles. The molecule has 3 aromatic carbocycles. The third-order valence-electron chi connectivity index (χ3n) is 5.68. The van der Waals surface area contributed by atoms with Gasteiger partial charge in [0.2, 0.25) is 21.8 Å². The van der Waals surface area contributed by atoms with E-state index in [0.29, 0.717) is 12.2 Å². The van der Waals surface area contributed by atoms with Gasteiger partial charge in [0.1, 0.15) is 12.6 Å². The second kappa shape index (κ2) is 13.4. The monoisotopic (exact) mass is 697 g/mol. The maximum absolute atomic E-state index is 13.9. The first-order valence-electron chi connectivity index (χ1n) is 11.7. The van der Waals surface area contributed by atoms with E-state index in [-0.39, 0.29) is 18.9 Å². The summed E-state index contributed by atoms with van der Waals surface area (Å²) in [6.07, 6.45) is 1.36. The second-order valence-electron chi connectivity index (χ2n) is 8.49. The Hall–Kier alpha value is -2.44. The molecule has 0 spiro atoms. The van der Waals surface area contributed by atoms with Gasteiger partial charge in [-0.15, -0.1) is 0 Å². The molecular weight excluding hydrogens is 669 g/mol. The van der Waals surface area contributed by atoms with Crippen molar-refractivity contribution in [2.45, 2.75) is 25.9 Å².